The van der Waals surface area contributed by atoms with Crippen molar-refractivity contribution in [3.63, 3.8) is 0 Å². The van der Waals surface area contributed by atoms with E-state index in [1.54, 1.807) is 18.2 Å². The minimum absolute atomic E-state index is 0.0789. The Hall–Kier alpha value is -4.26. The molecule has 0 aliphatic heterocycles. The molecular weight excluding hydrogens is 382 g/mol. The van der Waals surface area contributed by atoms with Crippen LogP contribution in [0.4, 0.5) is 31.9 Å². The number of carbonyl (C=O) groups is 1. The van der Waals surface area contributed by atoms with Gasteiger partial charge in [0, 0.05) is 23.0 Å². The van der Waals surface area contributed by atoms with Gasteiger partial charge in [0.2, 0.25) is 11.9 Å². The van der Waals surface area contributed by atoms with Crippen molar-refractivity contribution in [2.24, 2.45) is 5.73 Å². The third-order valence-electron chi connectivity index (χ3n) is 3.66. The Morgan fingerprint density at radius 3 is 2.48 bits per heavy atom. The summed E-state index contributed by atoms with van der Waals surface area (Å²) in [7, 11) is 0. The van der Waals surface area contributed by atoms with Crippen LogP contribution in [0.25, 0.3) is 0 Å². The first kappa shape index (κ1) is 19.5. The SMILES string of the molecule is N#CCOc1ccc(Nc2nc(Nc3ccc(C(N)=O)cc3)ncc2F)cc1F. The molecule has 0 unspecified atom stereocenters. The normalized spacial score (nSPS) is 10.1. The molecule has 0 saturated heterocycles. The van der Waals surface area contributed by atoms with Crippen molar-refractivity contribution >= 4 is 29.0 Å². The molecule has 0 spiro atoms. The van der Waals surface area contributed by atoms with E-state index >= 15 is 0 Å². The lowest BCUT2D eigenvalue weighted by molar-refractivity contribution is 0.100. The molecule has 3 aromatic rings. The topological polar surface area (TPSA) is 126 Å². The van der Waals surface area contributed by atoms with Gasteiger partial charge in [-0.25, -0.2) is 13.8 Å². The number of benzene rings is 2. The number of nitriles is 1. The number of hydrogen-bond donors (Lipinski definition) is 3. The van der Waals surface area contributed by atoms with Crippen LogP contribution in [0, 0.1) is 23.0 Å². The van der Waals surface area contributed by atoms with Gasteiger partial charge >= 0.3 is 0 Å². The van der Waals surface area contributed by atoms with Crippen molar-refractivity contribution in [2.45, 2.75) is 0 Å². The minimum atomic E-state index is -0.746. The molecule has 1 heterocycles. The molecule has 1 amide bonds. The number of primary amides is 1. The molecule has 2 aromatic carbocycles. The van der Waals surface area contributed by atoms with Crippen molar-refractivity contribution in [3.05, 3.63) is 65.9 Å². The molecule has 0 bridgehead atoms. The summed E-state index contributed by atoms with van der Waals surface area (Å²) >= 11 is 0. The lowest BCUT2D eigenvalue weighted by Gasteiger charge is -2.11. The van der Waals surface area contributed by atoms with Gasteiger partial charge in [-0.15, -0.1) is 0 Å². The number of ether oxygens (including phenoxy) is 1. The number of nitrogens with two attached hydrogens (primary N) is 1. The first-order valence-electron chi connectivity index (χ1n) is 8.22. The second-order valence-corrected chi connectivity index (χ2v) is 5.67. The van der Waals surface area contributed by atoms with Crippen LogP contribution in [0.3, 0.4) is 0 Å². The molecular formula is C19H14F2N6O2. The van der Waals surface area contributed by atoms with Gasteiger partial charge in [0.1, 0.15) is 6.07 Å². The van der Waals surface area contributed by atoms with Gasteiger partial charge < -0.3 is 21.1 Å². The highest BCUT2D eigenvalue weighted by atomic mass is 19.1. The van der Waals surface area contributed by atoms with Crippen LogP contribution in [-0.2, 0) is 0 Å². The molecule has 0 aliphatic carbocycles. The maximum Gasteiger partial charge on any atom is 0.248 e. The molecule has 8 nitrogen and oxygen atoms in total. The summed E-state index contributed by atoms with van der Waals surface area (Å²) in [5.41, 5.74) is 6.30. The van der Waals surface area contributed by atoms with Crippen molar-refractivity contribution < 1.29 is 18.3 Å². The van der Waals surface area contributed by atoms with E-state index in [2.05, 4.69) is 20.6 Å². The summed E-state index contributed by atoms with van der Waals surface area (Å²) < 4.78 is 33.0. The number of anilines is 4. The van der Waals surface area contributed by atoms with E-state index in [4.69, 9.17) is 15.7 Å². The predicted octanol–water partition coefficient (Wildman–Crippen LogP) is 3.24. The molecule has 10 heteroatoms. The minimum Gasteiger partial charge on any atom is -0.476 e. The van der Waals surface area contributed by atoms with E-state index in [-0.39, 0.29) is 29.8 Å². The molecule has 0 aliphatic rings. The first-order valence-corrected chi connectivity index (χ1v) is 8.22. The maximum absolute atomic E-state index is 14.1. The molecule has 146 valence electrons. The Labute approximate surface area is 164 Å². The van der Waals surface area contributed by atoms with E-state index < -0.39 is 17.5 Å². The van der Waals surface area contributed by atoms with Gasteiger partial charge in [-0.3, -0.25) is 4.79 Å². The quantitative estimate of drug-likeness (QED) is 0.560. The van der Waals surface area contributed by atoms with Crippen molar-refractivity contribution in [1.82, 2.24) is 9.97 Å². The molecule has 0 radical (unpaired) electrons. The largest absolute Gasteiger partial charge is 0.476 e. The standard InChI is InChI=1S/C19H14F2N6O2/c20-14-9-13(5-6-16(14)29-8-7-22)25-18-15(21)10-24-19(27-18)26-12-3-1-11(2-4-12)17(23)28/h1-6,9-10H,8H2,(H2,23,28)(H2,24,25,26,27). The van der Waals surface area contributed by atoms with Crippen LogP contribution in [0.15, 0.2) is 48.7 Å². The number of aromatic nitrogens is 2. The Bertz CT molecular complexity index is 1080. The molecule has 4 N–H and O–H groups in total. The summed E-state index contributed by atoms with van der Waals surface area (Å²) in [4.78, 5) is 19.0. The average molecular weight is 396 g/mol. The van der Waals surface area contributed by atoms with Crippen LogP contribution in [-0.4, -0.2) is 22.5 Å². The lowest BCUT2D eigenvalue weighted by Crippen LogP contribution is -2.10. The zero-order chi connectivity index (χ0) is 20.8. The monoisotopic (exact) mass is 396 g/mol. The van der Waals surface area contributed by atoms with E-state index in [0.717, 1.165) is 12.3 Å². The fourth-order valence-electron chi connectivity index (χ4n) is 2.30. The number of carbonyl (C=O) groups excluding carboxylic acids is 1. The van der Waals surface area contributed by atoms with Crippen molar-refractivity contribution in [2.75, 3.05) is 17.2 Å². The van der Waals surface area contributed by atoms with Crippen LogP contribution in [0.2, 0.25) is 0 Å². The highest BCUT2D eigenvalue weighted by Gasteiger charge is 2.10. The molecule has 0 atom stereocenters. The van der Waals surface area contributed by atoms with E-state index in [1.807, 2.05) is 0 Å². The number of hydrogen-bond acceptors (Lipinski definition) is 7. The van der Waals surface area contributed by atoms with E-state index in [0.29, 0.717) is 11.3 Å². The van der Waals surface area contributed by atoms with Crippen LogP contribution in [0.1, 0.15) is 10.4 Å². The predicted molar refractivity (Wildman–Crippen MR) is 101 cm³/mol. The Kier molecular flexibility index (Phi) is 5.80. The highest BCUT2D eigenvalue weighted by molar-refractivity contribution is 5.93. The maximum atomic E-state index is 14.1. The third-order valence-corrected chi connectivity index (χ3v) is 3.66. The molecule has 0 fully saturated rings. The summed E-state index contributed by atoms with van der Waals surface area (Å²) in [6.07, 6.45) is 0.955. The van der Waals surface area contributed by atoms with Gasteiger partial charge in [-0.2, -0.15) is 10.2 Å². The molecule has 0 saturated carbocycles. The molecule has 1 aromatic heterocycles. The van der Waals surface area contributed by atoms with Gasteiger partial charge in [0.15, 0.2) is 29.8 Å². The number of nitrogens with zero attached hydrogens (tertiary/aromatic N) is 3. The number of amides is 1. The Morgan fingerprint density at radius 2 is 1.83 bits per heavy atom. The molecule has 3 rings (SSSR count). The average Bonchev–Trinajstić information content (AvgIpc) is 2.70. The van der Waals surface area contributed by atoms with E-state index in [1.165, 1.54) is 24.3 Å². The number of rotatable bonds is 7. The zero-order valence-corrected chi connectivity index (χ0v) is 14.8. The van der Waals surface area contributed by atoms with Gasteiger partial charge in [-0.1, -0.05) is 0 Å². The van der Waals surface area contributed by atoms with E-state index in [9.17, 15) is 13.6 Å². The lowest BCUT2D eigenvalue weighted by atomic mass is 10.2. The fraction of sp³-hybridized carbons (Fsp3) is 0.0526. The van der Waals surface area contributed by atoms with Crippen molar-refractivity contribution in [3.8, 4) is 11.8 Å². The van der Waals surface area contributed by atoms with Crippen molar-refractivity contribution in [1.29, 1.82) is 5.26 Å². The summed E-state index contributed by atoms with van der Waals surface area (Å²) in [5.74, 6) is -2.21. The summed E-state index contributed by atoms with van der Waals surface area (Å²) in [6.45, 7) is -0.292. The van der Waals surface area contributed by atoms with Crippen LogP contribution in [0.5, 0.6) is 5.75 Å². The van der Waals surface area contributed by atoms with Gasteiger partial charge in [0.05, 0.1) is 6.20 Å². The highest BCUT2D eigenvalue weighted by Crippen LogP contribution is 2.25. The fourth-order valence-corrected chi connectivity index (χ4v) is 2.30. The second kappa shape index (κ2) is 8.62. The van der Waals surface area contributed by atoms with Crippen LogP contribution < -0.4 is 21.1 Å². The third kappa shape index (κ3) is 4.92. The van der Waals surface area contributed by atoms with Gasteiger partial charge in [0.25, 0.3) is 0 Å². The number of halogens is 2. The Morgan fingerprint density at radius 1 is 1.10 bits per heavy atom. The van der Waals surface area contributed by atoms with Crippen LogP contribution >= 0.6 is 0 Å². The zero-order valence-electron chi connectivity index (χ0n) is 14.8. The smallest absolute Gasteiger partial charge is 0.248 e. The first-order chi connectivity index (χ1) is 14.0. The number of nitrogens with one attached hydrogen (secondary N) is 2. The summed E-state index contributed by atoms with van der Waals surface area (Å²) in [6, 6.07) is 11.8. The Balaban J connectivity index is 1.76. The molecule has 29 heavy (non-hydrogen) atoms. The van der Waals surface area contributed by atoms with Gasteiger partial charge in [-0.05, 0) is 36.4 Å². The summed E-state index contributed by atoms with van der Waals surface area (Å²) in [5, 5.41) is 14.0. The second-order valence-electron chi connectivity index (χ2n) is 5.67.